The Hall–Kier alpha value is -2.29. The molecule has 0 unspecified atom stereocenters. The van der Waals surface area contributed by atoms with E-state index < -0.39 is 11.7 Å². The molecule has 2 aliphatic heterocycles. The third-order valence-corrected chi connectivity index (χ3v) is 8.66. The van der Waals surface area contributed by atoms with Gasteiger partial charge in [-0.3, -0.25) is 9.59 Å². The molecule has 2 fully saturated rings. The second kappa shape index (κ2) is 23.1. The standard InChI is InChI=1S/C31H57N5O8S/c1-31(2,3)44-30(40)34-14-8-4-5-12-26(37)32-15-9-17-41-19-21-43-22-20-42-18-10-16-33-27(38)13-7-6-11-25-28-24(23-45-25)35-29(39)36-28/h24-25,28H,4-23H2,1-3H3,(H,32,37)(H,33,38)(H,34,40)(H2,35,36,39)/t24-,25-,28-/m0/s1. The van der Waals surface area contributed by atoms with Crippen molar-refractivity contribution in [2.75, 3.05) is 65.0 Å². The summed E-state index contributed by atoms with van der Waals surface area (Å²) >= 11 is 1.90. The second-order valence-electron chi connectivity index (χ2n) is 12.4. The first kappa shape index (κ1) is 38.9. The third-order valence-electron chi connectivity index (χ3n) is 7.15. The molecule has 5 N–H and O–H groups in total. The Kier molecular flexibility index (Phi) is 20.0. The number of thioether (sulfide) groups is 1. The van der Waals surface area contributed by atoms with E-state index in [9.17, 15) is 19.2 Å². The summed E-state index contributed by atoms with van der Waals surface area (Å²) in [4.78, 5) is 47.0. The van der Waals surface area contributed by atoms with Gasteiger partial charge in [0.1, 0.15) is 5.60 Å². The Morgan fingerprint density at radius 2 is 1.29 bits per heavy atom. The molecular weight excluding hydrogens is 602 g/mol. The zero-order chi connectivity index (χ0) is 32.8. The molecule has 0 saturated carbocycles. The van der Waals surface area contributed by atoms with Crippen LogP contribution in [0.25, 0.3) is 0 Å². The van der Waals surface area contributed by atoms with E-state index in [0.29, 0.717) is 77.4 Å². The van der Waals surface area contributed by atoms with Crippen LogP contribution in [0.2, 0.25) is 0 Å². The third kappa shape index (κ3) is 19.7. The van der Waals surface area contributed by atoms with Crippen LogP contribution >= 0.6 is 11.8 Å². The number of hydrogen-bond donors (Lipinski definition) is 5. The molecule has 13 nitrogen and oxygen atoms in total. The van der Waals surface area contributed by atoms with Gasteiger partial charge in [0.15, 0.2) is 0 Å². The highest BCUT2D eigenvalue weighted by Crippen LogP contribution is 2.33. The molecule has 0 aliphatic carbocycles. The molecule has 0 radical (unpaired) electrons. The summed E-state index contributed by atoms with van der Waals surface area (Å²) < 4.78 is 21.8. The van der Waals surface area contributed by atoms with Crippen LogP contribution in [0.4, 0.5) is 9.59 Å². The highest BCUT2D eigenvalue weighted by atomic mass is 32.2. The van der Waals surface area contributed by atoms with Gasteiger partial charge in [0.05, 0.1) is 38.5 Å². The molecule has 14 heteroatoms. The largest absolute Gasteiger partial charge is 0.444 e. The number of carbonyl (C=O) groups is 4. The van der Waals surface area contributed by atoms with Crippen molar-refractivity contribution in [1.82, 2.24) is 26.6 Å². The van der Waals surface area contributed by atoms with Crippen molar-refractivity contribution in [3.05, 3.63) is 0 Å². The van der Waals surface area contributed by atoms with E-state index in [1.54, 1.807) is 0 Å². The highest BCUT2D eigenvalue weighted by Gasteiger charge is 2.42. The lowest BCUT2D eigenvalue weighted by molar-refractivity contribution is -0.122. The van der Waals surface area contributed by atoms with Gasteiger partial charge < -0.3 is 45.5 Å². The molecule has 0 aromatic carbocycles. The number of rotatable bonds is 25. The molecule has 0 spiro atoms. The SMILES string of the molecule is CC(C)(C)OC(=O)NCCCCCC(=O)NCCCOCCOCCOCCCNC(=O)CCCC[C@@H]1SC[C@@H]2NC(=O)N[C@@H]21. The maximum atomic E-state index is 12.0. The predicted octanol–water partition coefficient (Wildman–Crippen LogP) is 2.86. The number of unbranched alkanes of at least 4 members (excludes halogenated alkanes) is 3. The molecule has 2 saturated heterocycles. The number of alkyl carbamates (subject to hydrolysis) is 1. The van der Waals surface area contributed by atoms with Crippen molar-refractivity contribution in [2.24, 2.45) is 0 Å². The summed E-state index contributed by atoms with van der Waals surface area (Å²) in [6, 6.07) is 0.417. The summed E-state index contributed by atoms with van der Waals surface area (Å²) in [6.07, 6.45) is 7.39. The summed E-state index contributed by atoms with van der Waals surface area (Å²) in [5.74, 6) is 1.07. The fourth-order valence-electron chi connectivity index (χ4n) is 4.89. The molecule has 0 bridgehead atoms. The molecule has 260 valence electrons. The first-order chi connectivity index (χ1) is 21.6. The Bertz CT molecular complexity index is 875. The van der Waals surface area contributed by atoms with Crippen molar-refractivity contribution >= 4 is 35.7 Å². The summed E-state index contributed by atoms with van der Waals surface area (Å²) in [5.41, 5.74) is -0.501. The molecule has 0 aromatic heterocycles. The van der Waals surface area contributed by atoms with Crippen LogP contribution < -0.4 is 26.6 Å². The molecule has 2 heterocycles. The number of nitrogens with one attached hydrogen (secondary N) is 5. The molecule has 3 atom stereocenters. The van der Waals surface area contributed by atoms with Crippen LogP contribution in [0.1, 0.15) is 85.0 Å². The zero-order valence-electron chi connectivity index (χ0n) is 27.5. The Labute approximate surface area is 273 Å². The van der Waals surface area contributed by atoms with E-state index >= 15 is 0 Å². The minimum atomic E-state index is -0.501. The van der Waals surface area contributed by atoms with Crippen molar-refractivity contribution in [2.45, 2.75) is 108 Å². The van der Waals surface area contributed by atoms with Gasteiger partial charge in [0.25, 0.3) is 0 Å². The van der Waals surface area contributed by atoms with Crippen LogP contribution in [0.15, 0.2) is 0 Å². The Morgan fingerprint density at radius 1 is 0.733 bits per heavy atom. The van der Waals surface area contributed by atoms with E-state index in [0.717, 1.165) is 57.1 Å². The lowest BCUT2D eigenvalue weighted by atomic mass is 10.0. The number of fused-ring (bicyclic) bond motifs is 1. The normalized spacial score (nSPS) is 19.0. The summed E-state index contributed by atoms with van der Waals surface area (Å²) in [6.45, 7) is 10.3. The maximum absolute atomic E-state index is 12.0. The second-order valence-corrected chi connectivity index (χ2v) is 13.6. The molecule has 0 aromatic rings. The fourth-order valence-corrected chi connectivity index (χ4v) is 6.43. The molecule has 45 heavy (non-hydrogen) atoms. The van der Waals surface area contributed by atoms with Gasteiger partial charge in [-0.1, -0.05) is 12.8 Å². The molecule has 2 rings (SSSR count). The van der Waals surface area contributed by atoms with Crippen LogP contribution in [-0.4, -0.2) is 112 Å². The summed E-state index contributed by atoms with van der Waals surface area (Å²) in [5, 5.41) is 15.0. The van der Waals surface area contributed by atoms with Crippen LogP contribution in [-0.2, 0) is 28.5 Å². The number of hydrogen-bond acceptors (Lipinski definition) is 9. The lowest BCUT2D eigenvalue weighted by Gasteiger charge is -2.19. The Balaban J connectivity index is 1.24. The van der Waals surface area contributed by atoms with Gasteiger partial charge in [-0.05, 0) is 59.3 Å². The maximum Gasteiger partial charge on any atom is 0.407 e. The van der Waals surface area contributed by atoms with E-state index in [2.05, 4.69) is 26.6 Å². The van der Waals surface area contributed by atoms with Crippen LogP contribution in [0.3, 0.4) is 0 Å². The number of ether oxygens (including phenoxy) is 4. The molecule has 2 aliphatic rings. The summed E-state index contributed by atoms with van der Waals surface area (Å²) in [7, 11) is 0. The van der Waals surface area contributed by atoms with Crippen molar-refractivity contribution in [3.8, 4) is 0 Å². The lowest BCUT2D eigenvalue weighted by Crippen LogP contribution is -2.36. The van der Waals surface area contributed by atoms with E-state index in [4.69, 9.17) is 18.9 Å². The van der Waals surface area contributed by atoms with Gasteiger partial charge in [-0.25, -0.2) is 9.59 Å². The van der Waals surface area contributed by atoms with E-state index in [-0.39, 0.29) is 29.9 Å². The highest BCUT2D eigenvalue weighted by molar-refractivity contribution is 8.00. The zero-order valence-corrected chi connectivity index (χ0v) is 28.4. The monoisotopic (exact) mass is 659 g/mol. The van der Waals surface area contributed by atoms with E-state index in [1.165, 1.54) is 0 Å². The Morgan fingerprint density at radius 3 is 1.89 bits per heavy atom. The van der Waals surface area contributed by atoms with E-state index in [1.807, 2.05) is 32.5 Å². The smallest absolute Gasteiger partial charge is 0.407 e. The van der Waals surface area contributed by atoms with Crippen LogP contribution in [0.5, 0.6) is 0 Å². The molecule has 5 amide bonds. The molecular formula is C31H57N5O8S. The average molecular weight is 660 g/mol. The van der Waals surface area contributed by atoms with Gasteiger partial charge in [0, 0.05) is 56.7 Å². The number of urea groups is 1. The quantitative estimate of drug-likeness (QED) is 0.0732. The van der Waals surface area contributed by atoms with Crippen molar-refractivity contribution in [3.63, 3.8) is 0 Å². The first-order valence-corrected chi connectivity index (χ1v) is 17.6. The minimum absolute atomic E-state index is 0.0315. The fraction of sp³-hybridized carbons (Fsp3) is 0.871. The first-order valence-electron chi connectivity index (χ1n) is 16.6. The van der Waals surface area contributed by atoms with Gasteiger partial charge >= 0.3 is 12.1 Å². The van der Waals surface area contributed by atoms with Crippen molar-refractivity contribution < 1.29 is 38.1 Å². The predicted molar refractivity (Wildman–Crippen MR) is 174 cm³/mol. The topological polar surface area (TPSA) is 165 Å². The number of amides is 5. The van der Waals surface area contributed by atoms with Crippen LogP contribution in [0, 0.1) is 0 Å². The van der Waals surface area contributed by atoms with Gasteiger partial charge in [-0.2, -0.15) is 11.8 Å². The van der Waals surface area contributed by atoms with Gasteiger partial charge in [0.2, 0.25) is 11.8 Å². The average Bonchev–Trinajstić information content (AvgIpc) is 3.53. The number of carbonyl (C=O) groups excluding carboxylic acids is 4. The van der Waals surface area contributed by atoms with Crippen molar-refractivity contribution in [1.29, 1.82) is 0 Å². The van der Waals surface area contributed by atoms with Gasteiger partial charge in [-0.15, -0.1) is 0 Å². The minimum Gasteiger partial charge on any atom is -0.444 e.